The van der Waals surface area contributed by atoms with E-state index in [1.165, 1.54) is 5.56 Å². The smallest absolute Gasteiger partial charge is 0.267 e. The Morgan fingerprint density at radius 1 is 1.28 bits per heavy atom. The van der Waals surface area contributed by atoms with E-state index in [1.54, 1.807) is 0 Å². The Labute approximate surface area is 109 Å². The number of nitrogens with one attached hydrogen (secondary N) is 1. The molecule has 0 unspecified atom stereocenters. The Kier molecular flexibility index (Phi) is 5.56. The van der Waals surface area contributed by atoms with Gasteiger partial charge in [0.1, 0.15) is 0 Å². The lowest BCUT2D eigenvalue weighted by molar-refractivity contribution is 0.0954. The lowest BCUT2D eigenvalue weighted by atomic mass is 10.1. The van der Waals surface area contributed by atoms with Gasteiger partial charge in [-0.3, -0.25) is 4.79 Å². The third-order valence-corrected chi connectivity index (χ3v) is 3.01. The van der Waals surface area contributed by atoms with E-state index in [0.717, 1.165) is 30.5 Å². The first-order chi connectivity index (χ1) is 8.54. The Hall–Kier alpha value is -1.64. The van der Waals surface area contributed by atoms with Gasteiger partial charge in [-0.25, -0.2) is 5.43 Å². The van der Waals surface area contributed by atoms with Crippen molar-refractivity contribution in [2.45, 2.75) is 47.0 Å². The highest BCUT2D eigenvalue weighted by Crippen LogP contribution is 2.09. The Balaban J connectivity index is 2.62. The summed E-state index contributed by atoms with van der Waals surface area (Å²) in [6.07, 6.45) is 3.18. The molecule has 1 amide bonds. The van der Waals surface area contributed by atoms with Crippen LogP contribution in [0.4, 0.5) is 0 Å². The molecule has 3 heteroatoms. The quantitative estimate of drug-likeness (QED) is 0.626. The first kappa shape index (κ1) is 14.4. The highest BCUT2D eigenvalue weighted by Gasteiger charge is 2.05. The fraction of sp³-hybridized carbons (Fsp3) is 0.467. The minimum Gasteiger partial charge on any atom is -0.267 e. The van der Waals surface area contributed by atoms with Crippen molar-refractivity contribution >= 4 is 11.6 Å². The average molecular weight is 246 g/mol. The van der Waals surface area contributed by atoms with Crippen LogP contribution in [0.25, 0.3) is 0 Å². The van der Waals surface area contributed by atoms with E-state index in [9.17, 15) is 4.79 Å². The molecule has 0 heterocycles. The van der Waals surface area contributed by atoms with Crippen LogP contribution in [-0.4, -0.2) is 11.6 Å². The molecule has 0 aliphatic heterocycles. The first-order valence-electron chi connectivity index (χ1n) is 6.45. The molecule has 1 N–H and O–H groups in total. The summed E-state index contributed by atoms with van der Waals surface area (Å²) < 4.78 is 0. The van der Waals surface area contributed by atoms with Crippen molar-refractivity contribution in [3.8, 4) is 0 Å². The maximum Gasteiger partial charge on any atom is 0.271 e. The number of rotatable bonds is 5. The molecule has 0 aliphatic carbocycles. The molecule has 18 heavy (non-hydrogen) atoms. The van der Waals surface area contributed by atoms with Gasteiger partial charge in [-0.1, -0.05) is 19.4 Å². The fourth-order valence-corrected chi connectivity index (χ4v) is 1.58. The Morgan fingerprint density at radius 3 is 2.61 bits per heavy atom. The third kappa shape index (κ3) is 4.32. The van der Waals surface area contributed by atoms with Gasteiger partial charge in [-0.15, -0.1) is 0 Å². The fourth-order valence-electron chi connectivity index (χ4n) is 1.58. The zero-order valence-corrected chi connectivity index (χ0v) is 11.7. The van der Waals surface area contributed by atoms with Gasteiger partial charge in [0.15, 0.2) is 0 Å². The van der Waals surface area contributed by atoms with E-state index in [1.807, 2.05) is 39.0 Å². The summed E-state index contributed by atoms with van der Waals surface area (Å²) in [4.78, 5) is 11.9. The van der Waals surface area contributed by atoms with E-state index >= 15 is 0 Å². The molecule has 0 spiro atoms. The number of hydrazone groups is 1. The molecule has 0 aromatic heterocycles. The minimum atomic E-state index is -0.144. The van der Waals surface area contributed by atoms with E-state index in [0.29, 0.717) is 5.56 Å². The van der Waals surface area contributed by atoms with Crippen LogP contribution in [0.15, 0.2) is 23.3 Å². The monoisotopic (exact) mass is 246 g/mol. The molecule has 3 nitrogen and oxygen atoms in total. The van der Waals surface area contributed by atoms with Crippen LogP contribution in [-0.2, 0) is 0 Å². The second kappa shape index (κ2) is 6.94. The van der Waals surface area contributed by atoms with E-state index in [4.69, 9.17) is 0 Å². The molecule has 0 aliphatic rings. The number of benzene rings is 1. The van der Waals surface area contributed by atoms with E-state index < -0.39 is 0 Å². The minimum absolute atomic E-state index is 0.144. The molecule has 0 atom stereocenters. The number of unbranched alkanes of at least 4 members (excludes halogenated alkanes) is 1. The summed E-state index contributed by atoms with van der Waals surface area (Å²) in [7, 11) is 0. The predicted molar refractivity (Wildman–Crippen MR) is 76.0 cm³/mol. The number of carbonyl (C=O) groups is 1. The first-order valence-corrected chi connectivity index (χ1v) is 6.45. The van der Waals surface area contributed by atoms with Crippen molar-refractivity contribution in [1.29, 1.82) is 0 Å². The van der Waals surface area contributed by atoms with Gasteiger partial charge in [0.25, 0.3) is 5.91 Å². The molecule has 0 saturated carbocycles. The third-order valence-electron chi connectivity index (χ3n) is 3.01. The maximum absolute atomic E-state index is 11.9. The zero-order chi connectivity index (χ0) is 13.5. The molecule has 0 saturated heterocycles. The summed E-state index contributed by atoms with van der Waals surface area (Å²) in [6, 6.07) is 5.67. The SMILES string of the molecule is CCCC/C(C)=N/NC(=O)c1ccc(C)c(C)c1. The summed E-state index contributed by atoms with van der Waals surface area (Å²) >= 11 is 0. The van der Waals surface area contributed by atoms with Gasteiger partial charge in [0.05, 0.1) is 0 Å². The van der Waals surface area contributed by atoms with Crippen LogP contribution in [0.5, 0.6) is 0 Å². The molecule has 1 aromatic carbocycles. The van der Waals surface area contributed by atoms with Gasteiger partial charge >= 0.3 is 0 Å². The number of nitrogens with zero attached hydrogens (tertiary/aromatic N) is 1. The van der Waals surface area contributed by atoms with Crippen molar-refractivity contribution in [1.82, 2.24) is 5.43 Å². The van der Waals surface area contributed by atoms with Crippen molar-refractivity contribution in [3.63, 3.8) is 0 Å². The van der Waals surface area contributed by atoms with Crippen LogP contribution in [0.1, 0.15) is 54.6 Å². The lowest BCUT2D eigenvalue weighted by Gasteiger charge is -2.05. The van der Waals surface area contributed by atoms with Crippen molar-refractivity contribution in [2.24, 2.45) is 5.10 Å². The molecule has 1 rings (SSSR count). The standard InChI is InChI=1S/C15H22N2O/c1-5-6-7-13(4)16-17-15(18)14-9-8-11(2)12(3)10-14/h8-10H,5-7H2,1-4H3,(H,17,18)/b16-13+. The Morgan fingerprint density at radius 2 is 2.00 bits per heavy atom. The lowest BCUT2D eigenvalue weighted by Crippen LogP contribution is -2.19. The van der Waals surface area contributed by atoms with Crippen molar-refractivity contribution in [3.05, 3.63) is 34.9 Å². The Bertz CT molecular complexity index is 450. The summed E-state index contributed by atoms with van der Waals surface area (Å²) in [5, 5.41) is 4.11. The zero-order valence-electron chi connectivity index (χ0n) is 11.7. The van der Waals surface area contributed by atoms with Crippen molar-refractivity contribution in [2.75, 3.05) is 0 Å². The second-order valence-corrected chi connectivity index (χ2v) is 4.69. The van der Waals surface area contributed by atoms with Crippen LogP contribution < -0.4 is 5.43 Å². The van der Waals surface area contributed by atoms with Gasteiger partial charge in [0.2, 0.25) is 0 Å². The molecule has 0 radical (unpaired) electrons. The molecule has 98 valence electrons. The molecule has 0 fully saturated rings. The number of hydrogen-bond donors (Lipinski definition) is 1. The van der Waals surface area contributed by atoms with Crippen LogP contribution in [0.2, 0.25) is 0 Å². The number of hydrogen-bond acceptors (Lipinski definition) is 2. The van der Waals surface area contributed by atoms with E-state index in [2.05, 4.69) is 17.5 Å². The average Bonchev–Trinajstić information content (AvgIpc) is 2.36. The largest absolute Gasteiger partial charge is 0.271 e. The highest BCUT2D eigenvalue weighted by atomic mass is 16.2. The van der Waals surface area contributed by atoms with Crippen LogP contribution in [0.3, 0.4) is 0 Å². The normalized spacial score (nSPS) is 11.4. The van der Waals surface area contributed by atoms with Crippen LogP contribution >= 0.6 is 0 Å². The summed E-state index contributed by atoms with van der Waals surface area (Å²) in [5.41, 5.74) is 6.54. The second-order valence-electron chi connectivity index (χ2n) is 4.69. The number of amides is 1. The molecular weight excluding hydrogens is 224 g/mol. The highest BCUT2D eigenvalue weighted by molar-refractivity contribution is 5.95. The van der Waals surface area contributed by atoms with Gasteiger partial charge < -0.3 is 0 Å². The number of carbonyl (C=O) groups excluding carboxylic acids is 1. The molecular formula is C15H22N2O. The number of aryl methyl sites for hydroxylation is 2. The molecule has 0 bridgehead atoms. The predicted octanol–water partition coefficient (Wildman–Crippen LogP) is 3.60. The van der Waals surface area contributed by atoms with Crippen molar-refractivity contribution < 1.29 is 4.79 Å². The maximum atomic E-state index is 11.9. The summed E-state index contributed by atoms with van der Waals surface area (Å²) in [6.45, 7) is 8.11. The molecule has 1 aromatic rings. The van der Waals surface area contributed by atoms with E-state index in [-0.39, 0.29) is 5.91 Å². The van der Waals surface area contributed by atoms with Gasteiger partial charge in [-0.2, -0.15) is 5.10 Å². The van der Waals surface area contributed by atoms with Gasteiger partial charge in [-0.05, 0) is 56.9 Å². The topological polar surface area (TPSA) is 41.5 Å². The van der Waals surface area contributed by atoms with Crippen LogP contribution in [0, 0.1) is 13.8 Å². The van der Waals surface area contributed by atoms with Gasteiger partial charge in [0, 0.05) is 11.3 Å². The summed E-state index contributed by atoms with van der Waals surface area (Å²) in [5.74, 6) is -0.144.